The highest BCUT2D eigenvalue weighted by Gasteiger charge is 2.20. The number of aryl methyl sites for hydroxylation is 2. The predicted molar refractivity (Wildman–Crippen MR) is 89.2 cm³/mol. The molecule has 0 atom stereocenters. The Bertz CT molecular complexity index is 437. The molecule has 1 amide bonds. The van der Waals surface area contributed by atoms with Gasteiger partial charge < -0.3 is 10.6 Å². The van der Waals surface area contributed by atoms with Gasteiger partial charge in [0.2, 0.25) is 5.91 Å². The molecule has 0 spiro atoms. The van der Waals surface area contributed by atoms with E-state index in [1.165, 1.54) is 11.1 Å². The van der Waals surface area contributed by atoms with Gasteiger partial charge in [-0.15, -0.1) is 0 Å². The number of benzene rings is 1. The Morgan fingerprint density at radius 3 is 2.38 bits per heavy atom. The summed E-state index contributed by atoms with van der Waals surface area (Å²) < 4.78 is 0. The Morgan fingerprint density at radius 2 is 1.81 bits per heavy atom. The number of hydrogen-bond donors (Lipinski definition) is 1. The van der Waals surface area contributed by atoms with Crippen molar-refractivity contribution < 1.29 is 4.79 Å². The minimum absolute atomic E-state index is 0.00763. The number of nitrogens with zero attached hydrogens (tertiary/aromatic N) is 1. The van der Waals surface area contributed by atoms with Gasteiger partial charge in [-0.25, -0.2) is 0 Å². The molecule has 0 unspecified atom stereocenters. The molecular formula is C18H30N2O. The van der Waals surface area contributed by atoms with E-state index in [0.717, 1.165) is 25.8 Å². The van der Waals surface area contributed by atoms with E-state index >= 15 is 0 Å². The van der Waals surface area contributed by atoms with Crippen LogP contribution in [0.3, 0.4) is 0 Å². The molecule has 0 aromatic heterocycles. The van der Waals surface area contributed by atoms with E-state index < -0.39 is 0 Å². The normalized spacial score (nSPS) is 11.5. The van der Waals surface area contributed by atoms with Crippen LogP contribution in [0.15, 0.2) is 24.3 Å². The van der Waals surface area contributed by atoms with Gasteiger partial charge in [-0.1, -0.05) is 43.7 Å². The first-order valence-electron chi connectivity index (χ1n) is 7.84. The second kappa shape index (κ2) is 8.18. The molecule has 0 saturated heterocycles. The van der Waals surface area contributed by atoms with Crippen LogP contribution >= 0.6 is 0 Å². The van der Waals surface area contributed by atoms with E-state index in [2.05, 4.69) is 45.0 Å². The third-order valence-electron chi connectivity index (χ3n) is 3.87. The maximum absolute atomic E-state index is 12.1. The Kier molecular flexibility index (Phi) is 6.90. The van der Waals surface area contributed by atoms with Gasteiger partial charge in [0.1, 0.15) is 0 Å². The summed E-state index contributed by atoms with van der Waals surface area (Å²) in [5.41, 5.74) is 8.35. The van der Waals surface area contributed by atoms with Gasteiger partial charge in [0, 0.05) is 20.0 Å². The first-order valence-corrected chi connectivity index (χ1v) is 7.84. The highest BCUT2D eigenvalue weighted by molar-refractivity contribution is 5.75. The number of rotatable bonds is 8. The molecule has 3 nitrogen and oxygen atoms in total. The molecular weight excluding hydrogens is 260 g/mol. The number of hydrogen-bond acceptors (Lipinski definition) is 2. The van der Waals surface area contributed by atoms with Crippen LogP contribution in [0, 0.1) is 12.3 Å². The largest absolute Gasteiger partial charge is 0.345 e. The molecule has 1 rings (SSSR count). The first-order chi connectivity index (χ1) is 9.84. The Balaban J connectivity index is 2.25. The maximum atomic E-state index is 12.1. The molecule has 0 saturated carbocycles. The third-order valence-corrected chi connectivity index (χ3v) is 3.87. The van der Waals surface area contributed by atoms with E-state index in [1.807, 2.05) is 11.9 Å². The Hall–Kier alpha value is -1.35. The van der Waals surface area contributed by atoms with Crippen molar-refractivity contribution in [1.82, 2.24) is 4.90 Å². The van der Waals surface area contributed by atoms with Crippen LogP contribution in [0.1, 0.15) is 44.2 Å². The van der Waals surface area contributed by atoms with Gasteiger partial charge in [0.25, 0.3) is 0 Å². The van der Waals surface area contributed by atoms with Crippen molar-refractivity contribution in [3.63, 3.8) is 0 Å². The van der Waals surface area contributed by atoms with Crippen molar-refractivity contribution in [2.45, 2.75) is 46.5 Å². The maximum Gasteiger partial charge on any atom is 0.222 e. The summed E-state index contributed by atoms with van der Waals surface area (Å²) in [6.07, 6.45) is 3.68. The molecule has 1 aromatic carbocycles. The zero-order valence-corrected chi connectivity index (χ0v) is 14.0. The van der Waals surface area contributed by atoms with E-state index in [9.17, 15) is 4.79 Å². The topological polar surface area (TPSA) is 46.3 Å². The molecule has 21 heavy (non-hydrogen) atoms. The average molecular weight is 290 g/mol. The number of carbonyl (C=O) groups is 1. The fraction of sp³-hybridized carbons (Fsp3) is 0.611. The van der Waals surface area contributed by atoms with Crippen molar-refractivity contribution in [3.8, 4) is 0 Å². The Morgan fingerprint density at radius 1 is 1.19 bits per heavy atom. The monoisotopic (exact) mass is 290 g/mol. The molecule has 0 radical (unpaired) electrons. The van der Waals surface area contributed by atoms with Crippen molar-refractivity contribution in [2.24, 2.45) is 11.1 Å². The van der Waals surface area contributed by atoms with Gasteiger partial charge in [0.05, 0.1) is 0 Å². The molecule has 0 aliphatic carbocycles. The summed E-state index contributed by atoms with van der Waals surface area (Å²) in [4.78, 5) is 13.9. The molecule has 0 fully saturated rings. The van der Waals surface area contributed by atoms with Crippen molar-refractivity contribution >= 4 is 5.91 Å². The van der Waals surface area contributed by atoms with E-state index in [4.69, 9.17) is 5.73 Å². The van der Waals surface area contributed by atoms with Gasteiger partial charge in [-0.3, -0.25) is 4.79 Å². The van der Waals surface area contributed by atoms with E-state index in [1.54, 1.807) is 0 Å². The van der Waals surface area contributed by atoms with Crippen LogP contribution in [-0.2, 0) is 11.2 Å². The van der Waals surface area contributed by atoms with E-state index in [-0.39, 0.29) is 11.3 Å². The Labute approximate surface area is 129 Å². The number of unbranched alkanes of at least 4 members (excludes halogenated alkanes) is 1. The quantitative estimate of drug-likeness (QED) is 0.748. The number of nitrogens with two attached hydrogens (primary N) is 1. The SMILES string of the molecule is Cc1ccc(CCCCC(=O)N(C)CC(C)(C)CN)cc1. The summed E-state index contributed by atoms with van der Waals surface area (Å²) in [5.74, 6) is 0.223. The zero-order chi connectivity index (χ0) is 15.9. The second-order valence-corrected chi connectivity index (χ2v) is 6.81. The number of amides is 1. The smallest absolute Gasteiger partial charge is 0.222 e. The molecule has 0 bridgehead atoms. The average Bonchev–Trinajstić information content (AvgIpc) is 2.44. The van der Waals surface area contributed by atoms with Gasteiger partial charge in [0.15, 0.2) is 0 Å². The fourth-order valence-electron chi connectivity index (χ4n) is 2.35. The second-order valence-electron chi connectivity index (χ2n) is 6.81. The van der Waals surface area contributed by atoms with Gasteiger partial charge >= 0.3 is 0 Å². The molecule has 2 N–H and O–H groups in total. The fourth-order valence-corrected chi connectivity index (χ4v) is 2.35. The molecule has 0 aliphatic heterocycles. The highest BCUT2D eigenvalue weighted by atomic mass is 16.2. The van der Waals surface area contributed by atoms with Crippen molar-refractivity contribution in [3.05, 3.63) is 35.4 Å². The predicted octanol–water partition coefficient (Wildman–Crippen LogP) is 3.15. The summed E-state index contributed by atoms with van der Waals surface area (Å²) in [6.45, 7) is 7.60. The van der Waals surface area contributed by atoms with Crippen LogP contribution in [0.4, 0.5) is 0 Å². The summed E-state index contributed by atoms with van der Waals surface area (Å²) >= 11 is 0. The zero-order valence-electron chi connectivity index (χ0n) is 14.0. The lowest BCUT2D eigenvalue weighted by Crippen LogP contribution is -2.39. The molecule has 118 valence electrons. The summed E-state index contributed by atoms with van der Waals surface area (Å²) in [7, 11) is 1.87. The van der Waals surface area contributed by atoms with Crippen LogP contribution < -0.4 is 5.73 Å². The van der Waals surface area contributed by atoms with Crippen LogP contribution in [-0.4, -0.2) is 30.9 Å². The van der Waals surface area contributed by atoms with Gasteiger partial charge in [-0.05, 0) is 43.7 Å². The van der Waals surface area contributed by atoms with E-state index in [0.29, 0.717) is 13.0 Å². The third kappa shape index (κ3) is 6.76. The minimum atomic E-state index is -0.00763. The highest BCUT2D eigenvalue weighted by Crippen LogP contribution is 2.15. The molecule has 0 heterocycles. The lowest BCUT2D eigenvalue weighted by molar-refractivity contribution is -0.131. The lowest BCUT2D eigenvalue weighted by atomic mass is 9.93. The lowest BCUT2D eigenvalue weighted by Gasteiger charge is -2.29. The standard InChI is InChI=1S/C18H30N2O/c1-15-9-11-16(12-10-15)7-5-6-8-17(21)20(4)14-18(2,3)13-19/h9-12H,5-8,13-14,19H2,1-4H3. The minimum Gasteiger partial charge on any atom is -0.345 e. The first kappa shape index (κ1) is 17.7. The van der Waals surface area contributed by atoms with Crippen molar-refractivity contribution in [2.75, 3.05) is 20.1 Å². The summed E-state index contributed by atoms with van der Waals surface area (Å²) in [5, 5.41) is 0. The van der Waals surface area contributed by atoms with Crippen molar-refractivity contribution in [1.29, 1.82) is 0 Å². The van der Waals surface area contributed by atoms with Crippen LogP contribution in [0.2, 0.25) is 0 Å². The molecule has 1 aromatic rings. The van der Waals surface area contributed by atoms with Gasteiger partial charge in [-0.2, -0.15) is 0 Å². The number of carbonyl (C=O) groups excluding carboxylic acids is 1. The molecule has 3 heteroatoms. The van der Waals surface area contributed by atoms with Crippen LogP contribution in [0.25, 0.3) is 0 Å². The molecule has 0 aliphatic rings. The summed E-state index contributed by atoms with van der Waals surface area (Å²) in [6, 6.07) is 8.63. The van der Waals surface area contributed by atoms with Crippen LogP contribution in [0.5, 0.6) is 0 Å².